The quantitative estimate of drug-likeness (QED) is 0.118. The number of aromatic nitrogens is 8. The van der Waals surface area contributed by atoms with Crippen molar-refractivity contribution in [3.05, 3.63) is 504 Å². The first kappa shape index (κ1) is 107. The maximum absolute atomic E-state index is 4.57. The molecule has 0 bridgehead atoms. The molecule has 13 heteroatoms. The van der Waals surface area contributed by atoms with Crippen molar-refractivity contribution >= 4 is 0 Å². The third-order valence-electron chi connectivity index (χ3n) is 20.1. The van der Waals surface area contributed by atoms with Crippen molar-refractivity contribution in [1.29, 1.82) is 0 Å². The van der Waals surface area contributed by atoms with Gasteiger partial charge < -0.3 is 39.9 Å². The molecule has 132 heavy (non-hydrogen) atoms. The van der Waals surface area contributed by atoms with Crippen LogP contribution in [0.15, 0.2) is 383 Å². The summed E-state index contributed by atoms with van der Waals surface area (Å²) in [5.41, 5.74) is 39.4. The smallest absolute Gasteiger partial charge is 0.0190 e. The Morgan fingerprint density at radius 3 is 0.621 bits per heavy atom. The molecule has 0 fully saturated rings. The molecule has 8 heterocycles. The van der Waals surface area contributed by atoms with Crippen LogP contribution in [0.1, 0.15) is 72.3 Å². The molecule has 19 rings (SSSR count). The topological polar surface area (TPSA) is 103 Å². The zero-order valence-corrected chi connectivity index (χ0v) is 88.1. The van der Waals surface area contributed by atoms with E-state index in [1.165, 1.54) is 106 Å². The predicted octanol–water partition coefficient (Wildman–Crippen LogP) is 29.4. The van der Waals surface area contributed by atoms with Gasteiger partial charge in [-0.15, -0.1) is 283 Å². The Kier molecular flexibility index (Phi) is 45.3. The molecule has 0 unspecified atom stereocenters. The predicted molar refractivity (Wildman–Crippen MR) is 526 cm³/mol. The van der Waals surface area contributed by atoms with Crippen LogP contribution in [0.4, 0.5) is 0 Å². The second-order valence-electron chi connectivity index (χ2n) is 31.2. The number of hydrogen-bond donors (Lipinski definition) is 0. The Labute approximate surface area is 849 Å². The van der Waals surface area contributed by atoms with Crippen LogP contribution in [0.5, 0.6) is 0 Å². The van der Waals surface area contributed by atoms with Crippen LogP contribution in [0.25, 0.3) is 123 Å². The van der Waals surface area contributed by atoms with Gasteiger partial charge in [-0.05, 0) is 163 Å². The van der Waals surface area contributed by atoms with Gasteiger partial charge >= 0.3 is 0 Å². The Morgan fingerprint density at radius 2 is 0.364 bits per heavy atom. The molecule has 0 aliphatic heterocycles. The molecule has 0 aliphatic carbocycles. The number of nitrogens with zero attached hydrogens (tertiary/aromatic N) is 8. The van der Waals surface area contributed by atoms with Crippen molar-refractivity contribution in [2.75, 3.05) is 0 Å². The van der Waals surface area contributed by atoms with Gasteiger partial charge in [-0.1, -0.05) is 222 Å². The summed E-state index contributed by atoms with van der Waals surface area (Å²) in [5.74, 6) is 0. The molecule has 0 aliphatic rings. The van der Waals surface area contributed by atoms with Crippen molar-refractivity contribution in [1.82, 2.24) is 39.9 Å². The molecule has 0 atom stereocenters. The van der Waals surface area contributed by atoms with E-state index in [0.717, 1.165) is 90.1 Å². The molecule has 11 aromatic carbocycles. The van der Waals surface area contributed by atoms with E-state index in [9.17, 15) is 0 Å². The molecule has 19 aromatic rings. The normalized spacial score (nSPS) is 9.86. The van der Waals surface area contributed by atoms with Crippen LogP contribution in [-0.4, -0.2) is 39.9 Å². The molecule has 0 saturated heterocycles. The monoisotopic (exact) mass is 2610 g/mol. The first-order valence-corrected chi connectivity index (χ1v) is 42.3. The van der Waals surface area contributed by atoms with E-state index in [1.807, 2.05) is 216 Å². The molecule has 0 saturated carbocycles. The van der Waals surface area contributed by atoms with Gasteiger partial charge in [0.05, 0.1) is 0 Å². The van der Waals surface area contributed by atoms with Gasteiger partial charge in [0.2, 0.25) is 0 Å². The van der Waals surface area contributed by atoms with Crippen molar-refractivity contribution < 1.29 is 101 Å². The maximum Gasteiger partial charge on any atom is 0.0190 e. The van der Waals surface area contributed by atoms with E-state index in [4.69, 9.17) is 0 Å². The summed E-state index contributed by atoms with van der Waals surface area (Å²) in [6, 6.07) is 138. The Morgan fingerprint density at radius 1 is 0.144 bits per heavy atom. The summed E-state index contributed by atoms with van der Waals surface area (Å²) < 4.78 is 0. The van der Waals surface area contributed by atoms with Crippen LogP contribution in [0.2, 0.25) is 0 Å². The second-order valence-corrected chi connectivity index (χ2v) is 31.2. The third kappa shape index (κ3) is 34.5. The maximum atomic E-state index is 4.57. The summed E-state index contributed by atoms with van der Waals surface area (Å²) in [5, 5.41) is 0. The minimum absolute atomic E-state index is 0. The van der Waals surface area contributed by atoms with E-state index < -0.39 is 0 Å². The van der Waals surface area contributed by atoms with Gasteiger partial charge in [0.15, 0.2) is 0 Å². The molecular weight excluding hydrogens is 2500 g/mol. The fourth-order valence-electron chi connectivity index (χ4n) is 13.1. The number of aryl methyl sites for hydroxylation is 13. The van der Waals surface area contributed by atoms with Crippen molar-refractivity contribution in [3.8, 4) is 123 Å². The van der Waals surface area contributed by atoms with E-state index in [1.54, 1.807) is 18.6 Å². The van der Waals surface area contributed by atoms with Gasteiger partial charge in [0.1, 0.15) is 0 Å². The van der Waals surface area contributed by atoms with E-state index >= 15 is 0 Å². The summed E-state index contributed by atoms with van der Waals surface area (Å²) in [6.45, 7) is 26.9. The number of rotatable bonds is 11. The Bertz CT molecular complexity index is 6160. The number of benzene rings is 11. The van der Waals surface area contributed by atoms with Crippen molar-refractivity contribution in [2.45, 2.75) is 90.0 Å². The van der Waals surface area contributed by atoms with Gasteiger partial charge in [-0.25, -0.2) is 0 Å². The number of hydrogen-bond acceptors (Lipinski definition) is 8. The molecule has 0 amide bonds. The van der Waals surface area contributed by atoms with Crippen LogP contribution < -0.4 is 0 Å². The fourth-order valence-corrected chi connectivity index (χ4v) is 13.1. The Balaban J connectivity index is 0.000000208. The minimum Gasteiger partial charge on any atom is -0.305 e. The second kappa shape index (κ2) is 55.9. The molecule has 5 radical (unpaired) electrons. The first-order valence-electron chi connectivity index (χ1n) is 42.3. The number of pyridine rings is 8. The average Bonchev–Trinajstić information content (AvgIpc) is 0.804. The van der Waals surface area contributed by atoms with Crippen LogP contribution >= 0.6 is 0 Å². The minimum atomic E-state index is 0. The largest absolute Gasteiger partial charge is 0.305 e. The van der Waals surface area contributed by atoms with Crippen LogP contribution in [-0.2, 0) is 101 Å². The SMILES string of the molecule is Cc1cc[c-]c(-c2cc(C)ccn2)c1.Cc1cc[c-]c(-c2ccccn2)c1.Cc1cc[c-]c(-c2ccccn2)c1.Cc1cc[c-]c(-c2ccccn2)c1.Cc1ccc(-c2[c-]ccc(C)c2)nc1.Cc1ccc(-c2[c-]ccc(C)c2)nc1.Cc1ccc(-c2cc[c-]c(-c3cc(-c4ccc(C)cc4)ccn3)c2)cc1.Cc1ccc(-c2cc[c-]c(-c3ccc(C)cn3)c2)cc1.[Ir].[Ir].[Ir].[Ir].[Ir]. The van der Waals surface area contributed by atoms with Crippen LogP contribution in [0, 0.1) is 139 Å². The van der Waals surface area contributed by atoms with Crippen molar-refractivity contribution in [3.63, 3.8) is 0 Å². The molecule has 8 aromatic heterocycles. The van der Waals surface area contributed by atoms with Crippen molar-refractivity contribution in [2.24, 2.45) is 0 Å². The van der Waals surface area contributed by atoms with Crippen LogP contribution in [0.3, 0.4) is 0 Å². The molecule has 671 valence electrons. The zero-order chi connectivity index (χ0) is 89.1. The summed E-state index contributed by atoms with van der Waals surface area (Å²) in [6.07, 6.45) is 14.7. The fraction of sp³-hybridized carbons (Fsp3) is 0.109. The molecular formula is C119H102Ir5N8-8. The zero-order valence-electron chi connectivity index (χ0n) is 76.1. The third-order valence-corrected chi connectivity index (χ3v) is 20.1. The van der Waals surface area contributed by atoms with Gasteiger partial charge in [0.25, 0.3) is 0 Å². The molecule has 0 N–H and O–H groups in total. The van der Waals surface area contributed by atoms with Gasteiger partial charge in [-0.2, -0.15) is 0 Å². The summed E-state index contributed by atoms with van der Waals surface area (Å²) in [4.78, 5) is 34.8. The molecule has 8 nitrogen and oxygen atoms in total. The molecule has 0 spiro atoms. The van der Waals surface area contributed by atoms with E-state index in [-0.39, 0.29) is 101 Å². The summed E-state index contributed by atoms with van der Waals surface area (Å²) >= 11 is 0. The first-order chi connectivity index (χ1) is 61.7. The summed E-state index contributed by atoms with van der Waals surface area (Å²) in [7, 11) is 0. The van der Waals surface area contributed by atoms with E-state index in [2.05, 4.69) is 327 Å². The van der Waals surface area contributed by atoms with Gasteiger partial charge in [0, 0.05) is 150 Å². The standard InChI is InChI=1S/C25H20N.C19H16N.3C13H12N.3C12H10N.5Ir/c1-18-6-10-20(11-7-18)22-4-3-5-24(16-22)25-17-23(14-15-26-25)21-12-8-19(2)9-13-21;1-14-6-9-16(10-7-14)17-4-3-5-18(12-17)19-11-8-15(2)13-20-19;1-10-4-3-5-12(8-10)13-9-11(2)6-7-14-13;2*1-10-4-3-5-12(8-10)13-7-6-11(2)9-14-13;3*1-10-5-4-6-11(9-10)12-7-2-3-8-13-12;;;;;/h3-4,6-17H,1-2H3;3-4,6-13H,1-2H3;3*3-4,6-9H,1-2H3;3*2-5,7-9H,1H3;;;;;/q8*-1;;;;;. The van der Waals surface area contributed by atoms with Gasteiger partial charge in [-0.3, -0.25) is 0 Å². The Hall–Kier alpha value is -12.1. The average molecular weight is 2610 g/mol. The van der Waals surface area contributed by atoms with E-state index in [0.29, 0.717) is 0 Å².